The number of hydrogen-bond acceptors (Lipinski definition) is 5. The molecule has 0 saturated carbocycles. The number of carbonyl (C=O) groups excluding carboxylic acids is 1. The number of hydrogen-bond donors (Lipinski definition) is 1. The fourth-order valence-electron chi connectivity index (χ4n) is 1.68. The molecule has 0 aliphatic heterocycles. The van der Waals surface area contributed by atoms with E-state index in [9.17, 15) is 13.6 Å². The summed E-state index contributed by atoms with van der Waals surface area (Å²) in [5.41, 5.74) is 6.08. The zero-order chi connectivity index (χ0) is 15.1. The van der Waals surface area contributed by atoms with Gasteiger partial charge in [-0.15, -0.1) is 0 Å². The minimum absolute atomic E-state index is 0.0902. The number of esters is 1. The zero-order valence-corrected chi connectivity index (χ0v) is 10.9. The minimum atomic E-state index is -3.09. The Balaban J connectivity index is 3.22. The molecule has 0 amide bonds. The minimum Gasteiger partial charge on any atom is -0.466 e. The van der Waals surface area contributed by atoms with Crippen LogP contribution in [0.1, 0.15) is 23.6 Å². The summed E-state index contributed by atoms with van der Waals surface area (Å²) in [5.74, 6) is -0.905. The van der Waals surface area contributed by atoms with E-state index in [0.717, 1.165) is 0 Å². The summed E-state index contributed by atoms with van der Waals surface area (Å²) in [6.07, 6.45) is -0.265. The first-order valence-electron chi connectivity index (χ1n) is 5.88. The topological polar surface area (TPSA) is 85.3 Å². The van der Waals surface area contributed by atoms with Crippen molar-refractivity contribution < 1.29 is 23.0 Å². The molecule has 108 valence electrons. The molecule has 0 unspecified atom stereocenters. The fraction of sp³-hybridized carbons (Fsp3) is 0.385. The van der Waals surface area contributed by atoms with Gasteiger partial charge in [0.15, 0.2) is 0 Å². The summed E-state index contributed by atoms with van der Waals surface area (Å²) in [6.45, 7) is -1.18. The van der Waals surface area contributed by atoms with Gasteiger partial charge in [-0.25, -0.2) is 0 Å². The van der Waals surface area contributed by atoms with Crippen LogP contribution in [0.4, 0.5) is 8.78 Å². The second-order valence-corrected chi connectivity index (χ2v) is 3.81. The van der Waals surface area contributed by atoms with Crippen LogP contribution < -0.4 is 10.5 Å². The standard InChI is InChI=1S/C13H14F2N2O3/c1-2-19-11(18)5-9-3-8(6-16)4-10(7-17)12(9)20-13(14)15/h3-4,13H,2,5-6,16H2,1H3. The summed E-state index contributed by atoms with van der Waals surface area (Å²) in [6, 6.07) is 4.56. The Morgan fingerprint density at radius 1 is 1.50 bits per heavy atom. The van der Waals surface area contributed by atoms with E-state index in [4.69, 9.17) is 15.7 Å². The molecule has 0 spiro atoms. The maximum atomic E-state index is 12.4. The molecule has 0 heterocycles. The summed E-state index contributed by atoms with van der Waals surface area (Å²) < 4.78 is 33.9. The lowest BCUT2D eigenvalue weighted by Gasteiger charge is -2.13. The Morgan fingerprint density at radius 3 is 2.70 bits per heavy atom. The van der Waals surface area contributed by atoms with Crippen molar-refractivity contribution in [1.29, 1.82) is 5.26 Å². The first-order chi connectivity index (χ1) is 9.51. The van der Waals surface area contributed by atoms with E-state index in [-0.39, 0.29) is 36.4 Å². The van der Waals surface area contributed by atoms with Crippen molar-refractivity contribution in [3.8, 4) is 11.8 Å². The monoisotopic (exact) mass is 284 g/mol. The molecular formula is C13H14F2N2O3. The summed E-state index contributed by atoms with van der Waals surface area (Å²) in [7, 11) is 0. The van der Waals surface area contributed by atoms with Gasteiger partial charge in [-0.3, -0.25) is 4.79 Å². The normalized spacial score (nSPS) is 10.2. The van der Waals surface area contributed by atoms with Crippen molar-refractivity contribution in [2.45, 2.75) is 26.5 Å². The predicted octanol–water partition coefficient (Wildman–Crippen LogP) is 1.72. The highest BCUT2D eigenvalue weighted by molar-refractivity contribution is 5.74. The number of nitrogens with two attached hydrogens (primary N) is 1. The van der Waals surface area contributed by atoms with Crippen LogP contribution in [0, 0.1) is 11.3 Å². The zero-order valence-electron chi connectivity index (χ0n) is 10.9. The number of alkyl halides is 2. The molecular weight excluding hydrogens is 270 g/mol. The van der Waals surface area contributed by atoms with E-state index in [2.05, 4.69) is 4.74 Å². The van der Waals surface area contributed by atoms with Gasteiger partial charge in [-0.05, 0) is 18.6 Å². The number of nitriles is 1. The van der Waals surface area contributed by atoms with Gasteiger partial charge in [0.05, 0.1) is 18.6 Å². The van der Waals surface area contributed by atoms with Crippen molar-refractivity contribution in [2.24, 2.45) is 5.73 Å². The number of benzene rings is 1. The van der Waals surface area contributed by atoms with Gasteiger partial charge in [0.2, 0.25) is 0 Å². The summed E-state index contributed by atoms with van der Waals surface area (Å²) >= 11 is 0. The van der Waals surface area contributed by atoms with Gasteiger partial charge in [0, 0.05) is 12.1 Å². The smallest absolute Gasteiger partial charge is 0.387 e. The molecule has 0 bridgehead atoms. The number of carbonyl (C=O) groups is 1. The van der Waals surface area contributed by atoms with Crippen LogP contribution in [-0.2, 0) is 22.5 Å². The van der Waals surface area contributed by atoms with Crippen molar-refractivity contribution in [3.63, 3.8) is 0 Å². The molecule has 0 aromatic heterocycles. The highest BCUT2D eigenvalue weighted by Gasteiger charge is 2.18. The first-order valence-corrected chi connectivity index (χ1v) is 5.88. The van der Waals surface area contributed by atoms with Gasteiger partial charge in [-0.2, -0.15) is 14.0 Å². The average Bonchev–Trinajstić information content (AvgIpc) is 2.40. The van der Waals surface area contributed by atoms with Crippen LogP contribution in [0.3, 0.4) is 0 Å². The SMILES string of the molecule is CCOC(=O)Cc1cc(CN)cc(C#N)c1OC(F)F. The molecule has 0 radical (unpaired) electrons. The van der Waals surface area contributed by atoms with Gasteiger partial charge >= 0.3 is 12.6 Å². The number of rotatable bonds is 6. The molecule has 0 aliphatic rings. The van der Waals surface area contributed by atoms with Gasteiger partial charge in [-0.1, -0.05) is 6.07 Å². The van der Waals surface area contributed by atoms with Gasteiger partial charge in [0.1, 0.15) is 11.8 Å². The summed E-state index contributed by atoms with van der Waals surface area (Å²) in [4.78, 5) is 11.5. The van der Waals surface area contributed by atoms with E-state index in [1.54, 1.807) is 13.0 Å². The van der Waals surface area contributed by atoms with Crippen LogP contribution in [0.15, 0.2) is 12.1 Å². The molecule has 2 N–H and O–H groups in total. The Kier molecular flexibility index (Phi) is 5.87. The van der Waals surface area contributed by atoms with Crippen LogP contribution >= 0.6 is 0 Å². The van der Waals surface area contributed by atoms with Crippen LogP contribution in [0.5, 0.6) is 5.75 Å². The largest absolute Gasteiger partial charge is 0.466 e. The van der Waals surface area contributed by atoms with Crippen LogP contribution in [0.2, 0.25) is 0 Å². The molecule has 7 heteroatoms. The fourth-order valence-corrected chi connectivity index (χ4v) is 1.68. The first kappa shape index (κ1) is 15.9. The van der Waals surface area contributed by atoms with E-state index >= 15 is 0 Å². The molecule has 1 rings (SSSR count). The highest BCUT2D eigenvalue weighted by Crippen LogP contribution is 2.28. The lowest BCUT2D eigenvalue weighted by atomic mass is 10.0. The van der Waals surface area contributed by atoms with E-state index in [0.29, 0.717) is 5.56 Å². The second-order valence-electron chi connectivity index (χ2n) is 3.81. The van der Waals surface area contributed by atoms with Crippen LogP contribution in [0.25, 0.3) is 0 Å². The van der Waals surface area contributed by atoms with E-state index in [1.165, 1.54) is 12.1 Å². The predicted molar refractivity (Wildman–Crippen MR) is 66.0 cm³/mol. The maximum Gasteiger partial charge on any atom is 0.387 e. The third-order valence-electron chi connectivity index (χ3n) is 2.43. The molecule has 0 saturated heterocycles. The van der Waals surface area contributed by atoms with Crippen LogP contribution in [-0.4, -0.2) is 19.2 Å². The van der Waals surface area contributed by atoms with E-state index < -0.39 is 12.6 Å². The molecule has 1 aromatic rings. The van der Waals surface area contributed by atoms with Gasteiger partial charge < -0.3 is 15.2 Å². The maximum absolute atomic E-state index is 12.4. The molecule has 5 nitrogen and oxygen atoms in total. The number of ether oxygens (including phenoxy) is 2. The Hall–Kier alpha value is -2.20. The number of halogens is 2. The van der Waals surface area contributed by atoms with E-state index in [1.807, 2.05) is 0 Å². The van der Waals surface area contributed by atoms with Crippen molar-refractivity contribution in [2.75, 3.05) is 6.61 Å². The quantitative estimate of drug-likeness (QED) is 0.804. The molecule has 1 aromatic carbocycles. The van der Waals surface area contributed by atoms with Crippen molar-refractivity contribution in [1.82, 2.24) is 0 Å². The lowest BCUT2D eigenvalue weighted by molar-refractivity contribution is -0.142. The Labute approximate surface area is 114 Å². The van der Waals surface area contributed by atoms with Crippen molar-refractivity contribution in [3.05, 3.63) is 28.8 Å². The summed E-state index contributed by atoms with van der Waals surface area (Å²) in [5, 5.41) is 8.98. The van der Waals surface area contributed by atoms with Gasteiger partial charge in [0.25, 0.3) is 0 Å². The molecule has 0 atom stereocenters. The average molecular weight is 284 g/mol. The highest BCUT2D eigenvalue weighted by atomic mass is 19.3. The molecule has 0 aliphatic carbocycles. The molecule has 0 fully saturated rings. The third kappa shape index (κ3) is 4.17. The Morgan fingerprint density at radius 2 is 2.20 bits per heavy atom. The lowest BCUT2D eigenvalue weighted by Crippen LogP contribution is -2.13. The molecule has 20 heavy (non-hydrogen) atoms. The third-order valence-corrected chi connectivity index (χ3v) is 2.43. The number of nitrogens with zero attached hydrogens (tertiary/aromatic N) is 1. The van der Waals surface area contributed by atoms with Crippen molar-refractivity contribution >= 4 is 5.97 Å². The second kappa shape index (κ2) is 7.40. The Bertz CT molecular complexity index is 527.